The number of hydrogen-bond acceptors (Lipinski definition) is 5. The van der Waals surface area contributed by atoms with Crippen molar-refractivity contribution < 1.29 is 9.18 Å². The molecule has 0 radical (unpaired) electrons. The summed E-state index contributed by atoms with van der Waals surface area (Å²) in [6.45, 7) is 6.04. The number of carbonyl (C=O) groups is 1. The number of nitrogens with zero attached hydrogens (tertiary/aromatic N) is 4. The lowest BCUT2D eigenvalue weighted by Crippen LogP contribution is -2.49. The number of carbonyl (C=O) groups excluding carboxylic acids is 1. The van der Waals surface area contributed by atoms with E-state index in [0.717, 1.165) is 55.4 Å². The van der Waals surface area contributed by atoms with Gasteiger partial charge in [0.25, 0.3) is 5.91 Å². The zero-order valence-electron chi connectivity index (χ0n) is 16.3. The minimum absolute atomic E-state index is 0.0437. The Morgan fingerprint density at radius 2 is 1.76 bits per heavy atom. The van der Waals surface area contributed by atoms with Gasteiger partial charge in [-0.15, -0.1) is 11.3 Å². The van der Waals surface area contributed by atoms with Crippen molar-refractivity contribution in [3.63, 3.8) is 0 Å². The van der Waals surface area contributed by atoms with Crippen LogP contribution in [-0.4, -0.2) is 58.4 Å². The van der Waals surface area contributed by atoms with Crippen LogP contribution in [0.2, 0.25) is 0 Å². The normalized spacial score (nSPS) is 14.9. The Morgan fingerprint density at radius 3 is 2.45 bits per heavy atom. The van der Waals surface area contributed by atoms with Crippen LogP contribution in [0.1, 0.15) is 20.9 Å². The minimum atomic E-state index is -0.278. The standard InChI is InChI=1S/C22H23FN4OS/c1-16-20(29-21(25-16)18-2-4-19(23)5-3-18)22(28)27-14-12-26(13-15-27)11-8-17-6-9-24-10-7-17/h2-7,9-10H,8,11-15H2,1H3. The molecule has 0 saturated carbocycles. The Bertz CT molecular complexity index is 966. The fourth-order valence-electron chi connectivity index (χ4n) is 3.47. The molecule has 0 spiro atoms. The summed E-state index contributed by atoms with van der Waals surface area (Å²) in [5.74, 6) is -0.234. The van der Waals surface area contributed by atoms with Crippen LogP contribution in [0.15, 0.2) is 48.8 Å². The topological polar surface area (TPSA) is 49.3 Å². The summed E-state index contributed by atoms with van der Waals surface area (Å²) in [6, 6.07) is 10.3. The molecule has 0 unspecified atom stereocenters. The van der Waals surface area contributed by atoms with Gasteiger partial charge in [0.1, 0.15) is 15.7 Å². The minimum Gasteiger partial charge on any atom is -0.335 e. The molecule has 2 aromatic heterocycles. The number of piperazine rings is 1. The summed E-state index contributed by atoms with van der Waals surface area (Å²) >= 11 is 1.38. The summed E-state index contributed by atoms with van der Waals surface area (Å²) < 4.78 is 13.2. The van der Waals surface area contributed by atoms with Crippen LogP contribution < -0.4 is 0 Å². The van der Waals surface area contributed by atoms with Crippen molar-refractivity contribution in [2.45, 2.75) is 13.3 Å². The van der Waals surface area contributed by atoms with Crippen molar-refractivity contribution in [2.24, 2.45) is 0 Å². The number of benzene rings is 1. The van der Waals surface area contributed by atoms with E-state index in [-0.39, 0.29) is 11.7 Å². The highest BCUT2D eigenvalue weighted by Gasteiger charge is 2.25. The van der Waals surface area contributed by atoms with Crippen LogP contribution in [0.4, 0.5) is 4.39 Å². The van der Waals surface area contributed by atoms with E-state index >= 15 is 0 Å². The molecule has 5 nitrogen and oxygen atoms in total. The Kier molecular flexibility index (Phi) is 5.97. The Morgan fingerprint density at radius 1 is 1.07 bits per heavy atom. The van der Waals surface area contributed by atoms with Gasteiger partial charge in [-0.1, -0.05) is 0 Å². The molecule has 29 heavy (non-hydrogen) atoms. The highest BCUT2D eigenvalue weighted by molar-refractivity contribution is 7.17. The number of aromatic nitrogens is 2. The Hall–Kier alpha value is -2.64. The number of rotatable bonds is 5. The van der Waals surface area contributed by atoms with E-state index in [4.69, 9.17) is 0 Å². The largest absolute Gasteiger partial charge is 0.335 e. The zero-order valence-corrected chi connectivity index (χ0v) is 17.2. The number of thiazole rings is 1. The number of aryl methyl sites for hydroxylation is 1. The van der Waals surface area contributed by atoms with Crippen molar-refractivity contribution in [1.82, 2.24) is 19.8 Å². The van der Waals surface area contributed by atoms with Gasteiger partial charge in [-0.2, -0.15) is 0 Å². The first-order valence-electron chi connectivity index (χ1n) is 9.74. The predicted molar refractivity (Wildman–Crippen MR) is 113 cm³/mol. The summed E-state index contributed by atoms with van der Waals surface area (Å²) in [5, 5.41) is 0.752. The molecule has 4 rings (SSSR count). The van der Waals surface area contributed by atoms with Gasteiger partial charge in [0.15, 0.2) is 0 Å². The third-order valence-electron chi connectivity index (χ3n) is 5.21. The molecule has 3 aromatic rings. The second kappa shape index (κ2) is 8.80. The van der Waals surface area contributed by atoms with Crippen LogP contribution in [0.5, 0.6) is 0 Å². The molecule has 0 aliphatic carbocycles. The van der Waals surface area contributed by atoms with Crippen LogP contribution >= 0.6 is 11.3 Å². The number of amides is 1. The number of hydrogen-bond donors (Lipinski definition) is 0. The predicted octanol–water partition coefficient (Wildman–Crippen LogP) is 3.65. The molecule has 1 fully saturated rings. The number of pyridine rings is 1. The first kappa shape index (κ1) is 19.7. The SMILES string of the molecule is Cc1nc(-c2ccc(F)cc2)sc1C(=O)N1CCN(CCc2ccncc2)CC1. The van der Waals surface area contributed by atoms with E-state index in [1.807, 2.05) is 36.4 Å². The molecule has 1 amide bonds. The molecule has 1 aliphatic rings. The van der Waals surface area contributed by atoms with Crippen molar-refractivity contribution in [3.05, 3.63) is 70.7 Å². The lowest BCUT2D eigenvalue weighted by molar-refractivity contribution is 0.0642. The second-order valence-corrected chi connectivity index (χ2v) is 8.18. The maximum Gasteiger partial charge on any atom is 0.265 e. The third-order valence-corrected chi connectivity index (χ3v) is 6.40. The highest BCUT2D eigenvalue weighted by atomic mass is 32.1. The van der Waals surface area contributed by atoms with Gasteiger partial charge >= 0.3 is 0 Å². The van der Waals surface area contributed by atoms with E-state index in [2.05, 4.69) is 14.9 Å². The van der Waals surface area contributed by atoms with Gasteiger partial charge in [0.05, 0.1) is 5.69 Å². The van der Waals surface area contributed by atoms with Gasteiger partial charge in [-0.3, -0.25) is 14.7 Å². The maximum absolute atomic E-state index is 13.2. The Balaban J connectivity index is 1.35. The molecule has 0 N–H and O–H groups in total. The van der Waals surface area contributed by atoms with Gasteiger partial charge in [-0.25, -0.2) is 9.37 Å². The third kappa shape index (κ3) is 4.68. The van der Waals surface area contributed by atoms with E-state index in [1.54, 1.807) is 12.1 Å². The van der Waals surface area contributed by atoms with Crippen molar-refractivity contribution >= 4 is 17.2 Å². The van der Waals surface area contributed by atoms with Crippen molar-refractivity contribution in [1.29, 1.82) is 0 Å². The van der Waals surface area contributed by atoms with Gasteiger partial charge < -0.3 is 4.90 Å². The highest BCUT2D eigenvalue weighted by Crippen LogP contribution is 2.29. The maximum atomic E-state index is 13.2. The summed E-state index contributed by atoms with van der Waals surface area (Å²) in [6.07, 6.45) is 4.64. The first-order chi connectivity index (χ1) is 14.1. The second-order valence-electron chi connectivity index (χ2n) is 7.18. The van der Waals surface area contributed by atoms with Crippen LogP contribution in [-0.2, 0) is 6.42 Å². The summed E-state index contributed by atoms with van der Waals surface area (Å²) in [5.41, 5.74) is 2.85. The van der Waals surface area contributed by atoms with Gasteiger partial charge in [0.2, 0.25) is 0 Å². The lowest BCUT2D eigenvalue weighted by atomic mass is 10.2. The fraction of sp³-hybridized carbons (Fsp3) is 0.318. The van der Waals surface area contributed by atoms with E-state index in [9.17, 15) is 9.18 Å². The first-order valence-corrected chi connectivity index (χ1v) is 10.6. The average Bonchev–Trinajstić information content (AvgIpc) is 3.15. The van der Waals surface area contributed by atoms with Gasteiger partial charge in [0, 0.05) is 50.7 Å². The van der Waals surface area contributed by atoms with Crippen LogP contribution in [0, 0.1) is 12.7 Å². The average molecular weight is 411 g/mol. The molecule has 150 valence electrons. The molecular formula is C22H23FN4OS. The van der Waals surface area contributed by atoms with Crippen molar-refractivity contribution in [3.8, 4) is 10.6 Å². The molecule has 0 bridgehead atoms. The summed E-state index contributed by atoms with van der Waals surface area (Å²) in [4.78, 5) is 26.6. The molecule has 0 atom stereocenters. The molecule has 1 saturated heterocycles. The number of halogens is 1. The van der Waals surface area contributed by atoms with E-state index in [1.165, 1.54) is 29.0 Å². The van der Waals surface area contributed by atoms with E-state index in [0.29, 0.717) is 4.88 Å². The molecule has 1 aromatic carbocycles. The zero-order chi connectivity index (χ0) is 20.2. The molecule has 7 heteroatoms. The monoisotopic (exact) mass is 410 g/mol. The lowest BCUT2D eigenvalue weighted by Gasteiger charge is -2.34. The summed E-state index contributed by atoms with van der Waals surface area (Å²) in [7, 11) is 0. The molecule has 1 aliphatic heterocycles. The van der Waals surface area contributed by atoms with E-state index < -0.39 is 0 Å². The van der Waals surface area contributed by atoms with Crippen molar-refractivity contribution in [2.75, 3.05) is 32.7 Å². The van der Waals surface area contributed by atoms with Gasteiger partial charge in [-0.05, 0) is 55.3 Å². The molecular weight excluding hydrogens is 387 g/mol. The quantitative estimate of drug-likeness (QED) is 0.644. The van der Waals surface area contributed by atoms with Crippen LogP contribution in [0.25, 0.3) is 10.6 Å². The smallest absolute Gasteiger partial charge is 0.265 e. The Labute approximate surface area is 173 Å². The van der Waals surface area contributed by atoms with Crippen LogP contribution in [0.3, 0.4) is 0 Å². The fourth-order valence-corrected chi connectivity index (χ4v) is 4.51. The molecule has 3 heterocycles.